The minimum Gasteiger partial charge on any atom is -0.325 e. The molecule has 0 radical (unpaired) electrons. The van der Waals surface area contributed by atoms with Crippen LogP contribution in [0.25, 0.3) is 11.1 Å². The molecule has 0 bridgehead atoms. The molecule has 144 valence electrons. The Morgan fingerprint density at radius 2 is 1.89 bits per heavy atom. The molecular weight excluding hydrogens is 372 g/mol. The van der Waals surface area contributed by atoms with E-state index in [1.165, 1.54) is 0 Å². The number of halogens is 3. The van der Waals surface area contributed by atoms with E-state index in [1.807, 2.05) is 19.1 Å². The molecule has 1 amide bonds. The third-order valence-corrected chi connectivity index (χ3v) is 5.42. The Morgan fingerprint density at radius 1 is 1.26 bits per heavy atom. The molecule has 2 aromatic rings. The van der Waals surface area contributed by atoms with Crippen LogP contribution in [-0.4, -0.2) is 22.9 Å². The Hall–Kier alpha value is -2.05. The summed E-state index contributed by atoms with van der Waals surface area (Å²) in [4.78, 5) is 16.6. The second kappa shape index (κ2) is 7.90. The van der Waals surface area contributed by atoms with Gasteiger partial charge < -0.3 is 11.1 Å². The van der Waals surface area contributed by atoms with E-state index in [-0.39, 0.29) is 37.5 Å². The smallest absolute Gasteiger partial charge is 0.248 e. The summed E-state index contributed by atoms with van der Waals surface area (Å²) in [6, 6.07) is 8.15. The van der Waals surface area contributed by atoms with Crippen LogP contribution in [0.15, 0.2) is 36.5 Å². The average Bonchev–Trinajstić information content (AvgIpc) is 2.62. The van der Waals surface area contributed by atoms with E-state index in [9.17, 15) is 13.6 Å². The van der Waals surface area contributed by atoms with Gasteiger partial charge in [-0.05, 0) is 49.4 Å². The number of benzene rings is 1. The zero-order valence-corrected chi connectivity index (χ0v) is 15.8. The van der Waals surface area contributed by atoms with Gasteiger partial charge in [-0.25, -0.2) is 8.78 Å². The molecule has 0 spiro atoms. The fraction of sp³-hybridized carbons (Fsp3) is 0.400. The van der Waals surface area contributed by atoms with Crippen molar-refractivity contribution in [2.75, 3.05) is 5.32 Å². The van der Waals surface area contributed by atoms with Crippen molar-refractivity contribution in [3.63, 3.8) is 0 Å². The lowest BCUT2D eigenvalue weighted by atomic mass is 9.82. The highest BCUT2D eigenvalue weighted by atomic mass is 35.5. The molecule has 1 aliphatic carbocycles. The number of hydrogen-bond donors (Lipinski definition) is 2. The minimum atomic E-state index is -2.63. The van der Waals surface area contributed by atoms with Crippen LogP contribution in [-0.2, 0) is 4.79 Å². The average molecular weight is 394 g/mol. The van der Waals surface area contributed by atoms with Crippen molar-refractivity contribution in [1.82, 2.24) is 4.98 Å². The summed E-state index contributed by atoms with van der Waals surface area (Å²) in [6.07, 6.45) is 1.76. The Labute approximate surface area is 162 Å². The monoisotopic (exact) mass is 393 g/mol. The summed E-state index contributed by atoms with van der Waals surface area (Å²) in [5, 5.41) is 3.37. The van der Waals surface area contributed by atoms with Gasteiger partial charge in [0.05, 0.1) is 11.1 Å². The standard InChI is InChI=1S/C20H22ClF2N3O/c1-12-17(16(21)8-11-25-12)13-2-4-15(5-3-13)26-19(27)18(24)14-6-9-20(22,23)10-7-14/h2-5,8,11,14,18H,6-7,9-10,24H2,1H3,(H,26,27)/t18-/m0/s1. The number of carbonyl (C=O) groups excluding carboxylic acids is 1. The van der Waals surface area contributed by atoms with Gasteiger partial charge in [0.25, 0.3) is 0 Å². The van der Waals surface area contributed by atoms with Crippen LogP contribution in [0, 0.1) is 12.8 Å². The van der Waals surface area contributed by atoms with E-state index in [4.69, 9.17) is 17.3 Å². The van der Waals surface area contributed by atoms with E-state index in [1.54, 1.807) is 24.4 Å². The van der Waals surface area contributed by atoms with E-state index in [0.717, 1.165) is 16.8 Å². The summed E-state index contributed by atoms with van der Waals surface area (Å²) in [7, 11) is 0. The number of aromatic nitrogens is 1. The van der Waals surface area contributed by atoms with Crippen LogP contribution in [0.3, 0.4) is 0 Å². The van der Waals surface area contributed by atoms with Crippen molar-refractivity contribution in [3.8, 4) is 11.1 Å². The molecule has 0 aliphatic heterocycles. The van der Waals surface area contributed by atoms with Gasteiger partial charge in [-0.2, -0.15) is 0 Å². The molecule has 4 nitrogen and oxygen atoms in total. The fourth-order valence-electron chi connectivity index (χ4n) is 3.46. The normalized spacial score (nSPS) is 18.1. The van der Waals surface area contributed by atoms with Crippen LogP contribution < -0.4 is 11.1 Å². The molecule has 1 aromatic carbocycles. The van der Waals surface area contributed by atoms with E-state index >= 15 is 0 Å². The Morgan fingerprint density at radius 3 is 2.48 bits per heavy atom. The Bertz CT molecular complexity index is 796. The summed E-state index contributed by atoms with van der Waals surface area (Å²) >= 11 is 6.26. The van der Waals surface area contributed by atoms with E-state index < -0.39 is 12.0 Å². The molecule has 1 fully saturated rings. The van der Waals surface area contributed by atoms with Gasteiger partial charge in [0.2, 0.25) is 11.8 Å². The fourth-order valence-corrected chi connectivity index (χ4v) is 3.77. The molecule has 1 aromatic heterocycles. The lowest BCUT2D eigenvalue weighted by Crippen LogP contribution is -2.44. The zero-order valence-electron chi connectivity index (χ0n) is 15.0. The predicted molar refractivity (Wildman–Crippen MR) is 103 cm³/mol. The number of nitrogens with two attached hydrogens (primary N) is 1. The highest BCUT2D eigenvalue weighted by Crippen LogP contribution is 2.37. The number of aryl methyl sites for hydroxylation is 1. The first-order chi connectivity index (χ1) is 12.8. The molecule has 1 saturated carbocycles. The summed E-state index contributed by atoms with van der Waals surface area (Å²) in [5.74, 6) is -3.21. The first kappa shape index (κ1) is 19.7. The third-order valence-electron chi connectivity index (χ3n) is 5.10. The molecule has 0 unspecified atom stereocenters. The van der Waals surface area contributed by atoms with Gasteiger partial charge in [-0.3, -0.25) is 9.78 Å². The Kier molecular flexibility index (Phi) is 5.77. The molecule has 7 heteroatoms. The topological polar surface area (TPSA) is 68.0 Å². The first-order valence-corrected chi connectivity index (χ1v) is 9.30. The van der Waals surface area contributed by atoms with Gasteiger partial charge >= 0.3 is 0 Å². The van der Waals surface area contributed by atoms with E-state index in [0.29, 0.717) is 10.7 Å². The number of anilines is 1. The third kappa shape index (κ3) is 4.62. The lowest BCUT2D eigenvalue weighted by Gasteiger charge is -2.31. The van der Waals surface area contributed by atoms with Gasteiger partial charge in [0.15, 0.2) is 0 Å². The predicted octanol–water partition coefficient (Wildman–Crippen LogP) is 4.80. The second-order valence-corrected chi connectivity index (χ2v) is 7.45. The molecule has 1 heterocycles. The highest BCUT2D eigenvalue weighted by Gasteiger charge is 2.38. The molecular formula is C20H22ClF2N3O. The summed E-state index contributed by atoms with van der Waals surface area (Å²) in [5.41, 5.74) is 9.15. The van der Waals surface area contributed by atoms with Crippen molar-refractivity contribution in [2.24, 2.45) is 11.7 Å². The maximum Gasteiger partial charge on any atom is 0.248 e. The molecule has 3 N–H and O–H groups in total. The number of alkyl halides is 2. The zero-order chi connectivity index (χ0) is 19.6. The van der Waals surface area contributed by atoms with Gasteiger partial charge in [0.1, 0.15) is 0 Å². The highest BCUT2D eigenvalue weighted by molar-refractivity contribution is 6.33. The molecule has 1 aliphatic rings. The van der Waals surface area contributed by atoms with Crippen molar-refractivity contribution in [1.29, 1.82) is 0 Å². The summed E-state index contributed by atoms with van der Waals surface area (Å²) in [6.45, 7) is 1.88. The van der Waals surface area contributed by atoms with Crippen LogP contribution in [0.1, 0.15) is 31.4 Å². The number of amides is 1. The van der Waals surface area contributed by atoms with E-state index in [2.05, 4.69) is 10.3 Å². The largest absolute Gasteiger partial charge is 0.325 e. The maximum atomic E-state index is 13.3. The number of hydrogen-bond acceptors (Lipinski definition) is 3. The maximum absolute atomic E-state index is 13.3. The van der Waals surface area contributed by atoms with Gasteiger partial charge in [-0.15, -0.1) is 0 Å². The minimum absolute atomic E-state index is 0.210. The van der Waals surface area contributed by atoms with Crippen molar-refractivity contribution >= 4 is 23.2 Å². The summed E-state index contributed by atoms with van der Waals surface area (Å²) < 4.78 is 26.5. The molecule has 0 saturated heterocycles. The van der Waals surface area contributed by atoms with Gasteiger partial charge in [-0.1, -0.05) is 23.7 Å². The molecule has 27 heavy (non-hydrogen) atoms. The number of rotatable bonds is 4. The van der Waals surface area contributed by atoms with Crippen molar-refractivity contribution < 1.29 is 13.6 Å². The Balaban J connectivity index is 1.65. The number of carbonyl (C=O) groups is 1. The van der Waals surface area contributed by atoms with Crippen molar-refractivity contribution in [2.45, 2.75) is 44.6 Å². The van der Waals surface area contributed by atoms with Gasteiger partial charge in [0, 0.05) is 36.0 Å². The lowest BCUT2D eigenvalue weighted by molar-refractivity contribution is -0.120. The van der Waals surface area contributed by atoms with Crippen LogP contribution in [0.2, 0.25) is 5.02 Å². The van der Waals surface area contributed by atoms with Crippen LogP contribution in [0.4, 0.5) is 14.5 Å². The second-order valence-electron chi connectivity index (χ2n) is 7.04. The SMILES string of the molecule is Cc1nccc(Cl)c1-c1ccc(NC(=O)[C@@H](N)C2CCC(F)(F)CC2)cc1. The van der Waals surface area contributed by atoms with Crippen LogP contribution >= 0.6 is 11.6 Å². The molecule has 3 rings (SSSR count). The number of pyridine rings is 1. The number of nitrogens with one attached hydrogen (secondary N) is 1. The van der Waals surface area contributed by atoms with Crippen LogP contribution in [0.5, 0.6) is 0 Å². The first-order valence-electron chi connectivity index (χ1n) is 8.93. The quantitative estimate of drug-likeness (QED) is 0.783. The number of nitrogens with zero attached hydrogens (tertiary/aromatic N) is 1. The van der Waals surface area contributed by atoms with Crippen molar-refractivity contribution in [3.05, 3.63) is 47.2 Å². The molecule has 1 atom stereocenters.